The molecule has 0 amide bonds. The van der Waals surface area contributed by atoms with E-state index in [1.165, 1.54) is 12.4 Å². The zero-order chi connectivity index (χ0) is 13.0. The molecule has 0 aliphatic carbocycles. The summed E-state index contributed by atoms with van der Waals surface area (Å²) in [5.41, 5.74) is 5.91. The number of benzene rings is 1. The Morgan fingerprint density at radius 1 is 1.22 bits per heavy atom. The van der Waals surface area contributed by atoms with Gasteiger partial charge >= 0.3 is 0 Å². The third kappa shape index (κ3) is 2.72. The van der Waals surface area contributed by atoms with Gasteiger partial charge < -0.3 is 15.2 Å². The maximum absolute atomic E-state index is 5.59. The van der Waals surface area contributed by atoms with Crippen LogP contribution < -0.4 is 15.2 Å². The normalized spacial score (nSPS) is 9.83. The molecule has 1 aromatic heterocycles. The molecule has 92 valence electrons. The fourth-order valence-electron chi connectivity index (χ4n) is 1.35. The van der Waals surface area contributed by atoms with Crippen molar-refractivity contribution >= 4 is 17.2 Å². The molecule has 0 fully saturated rings. The molecule has 0 radical (unpaired) electrons. The molecule has 0 bridgehead atoms. The summed E-state index contributed by atoms with van der Waals surface area (Å²) in [6.45, 7) is 0. The van der Waals surface area contributed by atoms with Gasteiger partial charge in [0.15, 0.2) is 5.69 Å². The van der Waals surface area contributed by atoms with E-state index in [4.69, 9.17) is 27.4 Å². The van der Waals surface area contributed by atoms with Crippen molar-refractivity contribution in [3.05, 3.63) is 42.4 Å². The molecule has 6 heteroatoms. The van der Waals surface area contributed by atoms with Gasteiger partial charge in [-0.2, -0.15) is 0 Å². The minimum absolute atomic E-state index is 0.140. The molecule has 0 unspecified atom stereocenters. The first kappa shape index (κ1) is 12.3. The van der Waals surface area contributed by atoms with Gasteiger partial charge in [-0.15, -0.1) is 0 Å². The summed E-state index contributed by atoms with van der Waals surface area (Å²) in [5.74, 6) is 1.54. The smallest absolute Gasteiger partial charge is 0.248 e. The molecule has 0 spiro atoms. The van der Waals surface area contributed by atoms with E-state index in [-0.39, 0.29) is 10.9 Å². The molecule has 2 rings (SSSR count). The number of ether oxygens (including phenoxy) is 2. The zero-order valence-corrected chi connectivity index (χ0v) is 10.5. The third-order valence-electron chi connectivity index (χ3n) is 2.15. The van der Waals surface area contributed by atoms with Crippen molar-refractivity contribution in [3.63, 3.8) is 0 Å². The monoisotopic (exact) mass is 261 g/mol. The van der Waals surface area contributed by atoms with E-state index in [1.54, 1.807) is 19.2 Å². The van der Waals surface area contributed by atoms with Crippen LogP contribution in [0.2, 0.25) is 0 Å². The lowest BCUT2D eigenvalue weighted by atomic mass is 10.3. The van der Waals surface area contributed by atoms with Gasteiger partial charge in [0.25, 0.3) is 0 Å². The lowest BCUT2D eigenvalue weighted by Gasteiger charge is -2.08. The van der Waals surface area contributed by atoms with Crippen LogP contribution in [0.25, 0.3) is 0 Å². The van der Waals surface area contributed by atoms with E-state index in [0.29, 0.717) is 17.2 Å². The van der Waals surface area contributed by atoms with Crippen LogP contribution in [0.1, 0.15) is 5.69 Å². The van der Waals surface area contributed by atoms with E-state index >= 15 is 0 Å². The number of hydrogen-bond donors (Lipinski definition) is 1. The van der Waals surface area contributed by atoms with E-state index in [0.717, 1.165) is 0 Å². The molecule has 5 nitrogen and oxygen atoms in total. The average molecular weight is 261 g/mol. The SMILES string of the molecule is COc1cccc(Oc2nccnc2C(N)=S)c1. The van der Waals surface area contributed by atoms with E-state index < -0.39 is 0 Å². The highest BCUT2D eigenvalue weighted by Gasteiger charge is 2.10. The number of hydrogen-bond acceptors (Lipinski definition) is 5. The molecule has 0 atom stereocenters. The standard InChI is InChI=1S/C12H11N3O2S/c1-16-8-3-2-4-9(7-8)17-12-10(11(13)18)14-5-6-15-12/h2-7H,1H3,(H2,13,18). The van der Waals surface area contributed by atoms with E-state index in [9.17, 15) is 0 Å². The van der Waals surface area contributed by atoms with Crippen molar-refractivity contribution in [1.82, 2.24) is 9.97 Å². The van der Waals surface area contributed by atoms with Crippen molar-refractivity contribution in [2.45, 2.75) is 0 Å². The van der Waals surface area contributed by atoms with Crippen molar-refractivity contribution < 1.29 is 9.47 Å². The van der Waals surface area contributed by atoms with Gasteiger partial charge in [-0.1, -0.05) is 18.3 Å². The highest BCUT2D eigenvalue weighted by molar-refractivity contribution is 7.80. The zero-order valence-electron chi connectivity index (χ0n) is 9.66. The van der Waals surface area contributed by atoms with Crippen LogP contribution in [0.4, 0.5) is 0 Å². The first-order chi connectivity index (χ1) is 8.70. The molecule has 1 heterocycles. The topological polar surface area (TPSA) is 70.3 Å². The first-order valence-corrected chi connectivity index (χ1v) is 5.54. The third-order valence-corrected chi connectivity index (χ3v) is 2.35. The molecule has 0 aliphatic heterocycles. The number of nitrogens with two attached hydrogens (primary N) is 1. The van der Waals surface area contributed by atoms with Gasteiger partial charge in [0.1, 0.15) is 16.5 Å². The molecule has 0 saturated heterocycles. The number of methoxy groups -OCH3 is 1. The molecule has 0 aliphatic rings. The summed E-state index contributed by atoms with van der Waals surface area (Å²) in [4.78, 5) is 8.23. The number of aromatic nitrogens is 2. The number of rotatable bonds is 4. The number of thiocarbonyl (C=S) groups is 1. The van der Waals surface area contributed by atoms with Crippen LogP contribution in [-0.4, -0.2) is 22.1 Å². The van der Waals surface area contributed by atoms with Crippen LogP contribution in [0, 0.1) is 0 Å². The summed E-state index contributed by atoms with van der Waals surface area (Å²) in [6.07, 6.45) is 3.02. The van der Waals surface area contributed by atoms with Crippen molar-refractivity contribution in [1.29, 1.82) is 0 Å². The predicted molar refractivity (Wildman–Crippen MR) is 71.0 cm³/mol. The fourth-order valence-corrected chi connectivity index (χ4v) is 1.49. The Labute approximate surface area is 110 Å². The summed E-state index contributed by atoms with van der Waals surface area (Å²) in [7, 11) is 1.59. The van der Waals surface area contributed by atoms with Gasteiger partial charge in [-0.3, -0.25) is 0 Å². The maximum Gasteiger partial charge on any atom is 0.248 e. The summed E-state index contributed by atoms with van der Waals surface area (Å²) in [6, 6.07) is 7.14. The van der Waals surface area contributed by atoms with Crippen LogP contribution in [0.15, 0.2) is 36.7 Å². The van der Waals surface area contributed by atoms with Crippen molar-refractivity contribution in [2.75, 3.05) is 7.11 Å². The van der Waals surface area contributed by atoms with Gasteiger partial charge in [-0.25, -0.2) is 9.97 Å². The summed E-state index contributed by atoms with van der Waals surface area (Å²) >= 11 is 4.88. The number of nitrogens with zero attached hydrogens (tertiary/aromatic N) is 2. The van der Waals surface area contributed by atoms with Crippen LogP contribution >= 0.6 is 12.2 Å². The molecular formula is C12H11N3O2S. The second-order valence-corrected chi connectivity index (χ2v) is 3.80. The van der Waals surface area contributed by atoms with E-state index in [1.807, 2.05) is 12.1 Å². The fraction of sp³-hybridized carbons (Fsp3) is 0.0833. The lowest BCUT2D eigenvalue weighted by Crippen LogP contribution is -2.13. The Morgan fingerprint density at radius 3 is 2.67 bits per heavy atom. The molecule has 18 heavy (non-hydrogen) atoms. The van der Waals surface area contributed by atoms with Crippen molar-refractivity contribution in [2.24, 2.45) is 5.73 Å². The Morgan fingerprint density at radius 2 is 1.94 bits per heavy atom. The van der Waals surface area contributed by atoms with Gasteiger partial charge in [0.05, 0.1) is 7.11 Å². The Bertz CT molecular complexity index is 575. The molecule has 2 N–H and O–H groups in total. The molecule has 1 aromatic carbocycles. The van der Waals surface area contributed by atoms with Gasteiger partial charge in [0.2, 0.25) is 5.88 Å². The lowest BCUT2D eigenvalue weighted by molar-refractivity contribution is 0.407. The van der Waals surface area contributed by atoms with Crippen LogP contribution in [0.3, 0.4) is 0 Å². The minimum Gasteiger partial charge on any atom is -0.497 e. The molecular weight excluding hydrogens is 250 g/mol. The second-order valence-electron chi connectivity index (χ2n) is 3.36. The highest BCUT2D eigenvalue weighted by Crippen LogP contribution is 2.25. The maximum atomic E-state index is 5.59. The predicted octanol–water partition coefficient (Wildman–Crippen LogP) is 1.91. The van der Waals surface area contributed by atoms with Crippen LogP contribution in [0.5, 0.6) is 17.4 Å². The first-order valence-electron chi connectivity index (χ1n) is 5.13. The van der Waals surface area contributed by atoms with Crippen molar-refractivity contribution in [3.8, 4) is 17.4 Å². The molecule has 0 saturated carbocycles. The second kappa shape index (κ2) is 5.42. The van der Waals surface area contributed by atoms with Gasteiger partial charge in [0, 0.05) is 18.5 Å². The Hall–Kier alpha value is -2.21. The average Bonchev–Trinajstić information content (AvgIpc) is 2.39. The Kier molecular flexibility index (Phi) is 3.69. The van der Waals surface area contributed by atoms with E-state index in [2.05, 4.69) is 9.97 Å². The van der Waals surface area contributed by atoms with Gasteiger partial charge in [-0.05, 0) is 12.1 Å². The minimum atomic E-state index is 0.140. The molecule has 2 aromatic rings. The summed E-state index contributed by atoms with van der Waals surface area (Å²) < 4.78 is 10.7. The van der Waals surface area contributed by atoms with Crippen LogP contribution in [-0.2, 0) is 0 Å². The largest absolute Gasteiger partial charge is 0.497 e. The quantitative estimate of drug-likeness (QED) is 0.848. The summed E-state index contributed by atoms with van der Waals surface area (Å²) in [5, 5.41) is 0. The highest BCUT2D eigenvalue weighted by atomic mass is 32.1. The Balaban J connectivity index is 2.31.